The fourth-order valence-corrected chi connectivity index (χ4v) is 10.7. The van der Waals surface area contributed by atoms with Crippen molar-refractivity contribution in [2.45, 2.75) is 118 Å². The summed E-state index contributed by atoms with van der Waals surface area (Å²) < 4.78 is 6.97. The Kier molecular flexibility index (Phi) is 16.9. The average Bonchev–Trinajstić information content (AvgIpc) is 2.70. The van der Waals surface area contributed by atoms with Crippen LogP contribution < -0.4 is 0 Å². The molecule has 0 aliphatic rings. The molecule has 0 atom stereocenters. The molecule has 14 nitrogen and oxygen atoms in total. The Balaban J connectivity index is 0.000000317. The highest BCUT2D eigenvalue weighted by molar-refractivity contribution is 5.80. The van der Waals surface area contributed by atoms with Crippen molar-refractivity contribution in [1.29, 1.82) is 0 Å². The van der Waals surface area contributed by atoms with E-state index in [0.717, 1.165) is 116 Å². The van der Waals surface area contributed by atoms with Crippen molar-refractivity contribution in [3.63, 3.8) is 0 Å². The number of para-hydroxylation sites is 12. The second-order valence-electron chi connectivity index (χ2n) is 20.4. The molecule has 0 bridgehead atoms. The fraction of sp³-hybridized carbons (Fsp3) is 0.273. The standard InChI is InChI=1S/C42H47N7.C24H21N7.6H2/c1-4-7-10-19-28-47-37-25-16-13-22-34(37)43-40(47)31-46(32-41-44-35-23-14-17-26-38(35)48(41)29-20-11-8-5-2)33-42-45-36-24-15-18-27-39(36)49(42)30-21-12-9-6-3;1-2-8-17-16(7-1)25-22(26-17)13-31(14-23-27-18-9-3-4-10-19(18)28-23)15-24-29-20-11-5-6-12-21(20)30-24;;;;;;/h13-18,22-28H,1,5-6,8-9,11-12,20-21,29-33H2,2-3H3;1-12H,13-15H2,(H,25,26)(H,27,28)(H,29,30);6*1H. The Morgan fingerprint density at radius 3 is 1.24 bits per heavy atom. The first kappa shape index (κ1) is 52.9. The molecule has 6 heterocycles. The van der Waals surface area contributed by atoms with Gasteiger partial charge in [-0.2, -0.15) is 0 Å². The highest BCUT2D eigenvalue weighted by Gasteiger charge is 2.22. The summed E-state index contributed by atoms with van der Waals surface area (Å²) in [6.07, 6.45) is 11.5. The van der Waals surface area contributed by atoms with Gasteiger partial charge in [0.15, 0.2) is 0 Å². The molecule has 0 amide bonds. The van der Waals surface area contributed by atoms with Crippen LogP contribution in [-0.4, -0.2) is 68.4 Å². The van der Waals surface area contributed by atoms with Gasteiger partial charge in [0, 0.05) is 21.6 Å². The van der Waals surface area contributed by atoms with E-state index in [1.807, 2.05) is 72.9 Å². The molecule has 0 fully saturated rings. The van der Waals surface area contributed by atoms with E-state index in [1.165, 1.54) is 49.6 Å². The Bertz CT molecular complexity index is 3850. The van der Waals surface area contributed by atoms with E-state index in [2.05, 4.69) is 161 Å². The van der Waals surface area contributed by atoms with Crippen LogP contribution in [-0.2, 0) is 52.4 Å². The third-order valence-electron chi connectivity index (χ3n) is 14.6. The van der Waals surface area contributed by atoms with Gasteiger partial charge in [-0.05, 0) is 109 Å². The molecule has 3 N–H and O–H groups in total. The summed E-state index contributed by atoms with van der Waals surface area (Å²) in [5.41, 5.74) is 23.8. The summed E-state index contributed by atoms with van der Waals surface area (Å²) >= 11 is 0. The van der Waals surface area contributed by atoms with Gasteiger partial charge < -0.3 is 24.1 Å². The van der Waals surface area contributed by atoms with Gasteiger partial charge in [0.05, 0.1) is 112 Å². The SMILES string of the molecule is C=C=C=C=C=Cn1c(CN(Cc2nc3ccccc3n2CCCCCC)Cc2nc3ccccc3n2CCCCCC)nc2ccccc21.[HH].[HH].[HH].[HH].[HH].[HH].c1ccc2[nH]c(CN(Cc3nc4ccccc4[nH]3)Cc3nc4ccccc4[nH]3)nc2c1. The van der Waals surface area contributed by atoms with Crippen LogP contribution in [0.15, 0.2) is 175 Å². The van der Waals surface area contributed by atoms with Crippen molar-refractivity contribution in [3.8, 4) is 0 Å². The molecular formula is C66H80N14. The van der Waals surface area contributed by atoms with E-state index in [4.69, 9.17) is 29.9 Å². The van der Waals surface area contributed by atoms with E-state index in [9.17, 15) is 0 Å². The molecule has 12 aromatic rings. The van der Waals surface area contributed by atoms with Crippen molar-refractivity contribution in [2.75, 3.05) is 0 Å². The van der Waals surface area contributed by atoms with Crippen LogP contribution in [0.3, 0.4) is 0 Å². The van der Waals surface area contributed by atoms with Crippen LogP contribution in [0.5, 0.6) is 0 Å². The molecule has 0 radical (unpaired) electrons. The first-order valence-electron chi connectivity index (χ1n) is 28.2. The van der Waals surface area contributed by atoms with Gasteiger partial charge in [0.25, 0.3) is 0 Å². The largest absolute Gasteiger partial charge is 0.341 e. The van der Waals surface area contributed by atoms with Crippen LogP contribution >= 0.6 is 0 Å². The van der Waals surface area contributed by atoms with Gasteiger partial charge in [-0.3, -0.25) is 14.4 Å². The topological polar surface area (TPSA) is 146 Å². The van der Waals surface area contributed by atoms with Crippen molar-refractivity contribution < 1.29 is 8.56 Å². The van der Waals surface area contributed by atoms with Gasteiger partial charge in [0.2, 0.25) is 0 Å². The van der Waals surface area contributed by atoms with Crippen LogP contribution in [0.4, 0.5) is 0 Å². The van der Waals surface area contributed by atoms with Gasteiger partial charge >= 0.3 is 0 Å². The quantitative estimate of drug-likeness (QED) is 0.0424. The van der Waals surface area contributed by atoms with E-state index >= 15 is 0 Å². The molecule has 6 aromatic heterocycles. The number of imidazole rings is 6. The Labute approximate surface area is 475 Å². The molecule has 0 saturated carbocycles. The third kappa shape index (κ3) is 12.6. The van der Waals surface area contributed by atoms with Gasteiger partial charge in [-0.15, -0.1) is 0 Å². The number of aryl methyl sites for hydroxylation is 2. The summed E-state index contributed by atoms with van der Waals surface area (Å²) in [7, 11) is 0. The molecule has 0 spiro atoms. The predicted molar refractivity (Wildman–Crippen MR) is 335 cm³/mol. The molecule has 14 heteroatoms. The van der Waals surface area contributed by atoms with Crippen LogP contribution in [0.25, 0.3) is 72.4 Å². The normalized spacial score (nSPS) is 11.5. The maximum atomic E-state index is 5.22. The number of benzene rings is 6. The third-order valence-corrected chi connectivity index (χ3v) is 14.6. The number of unbranched alkanes of at least 4 members (excludes halogenated alkanes) is 6. The monoisotopic (exact) mass is 1070 g/mol. The number of rotatable bonds is 23. The average molecular weight is 1070 g/mol. The van der Waals surface area contributed by atoms with Gasteiger partial charge in [-0.25, -0.2) is 29.9 Å². The smallest absolute Gasteiger partial charge is 0.128 e. The van der Waals surface area contributed by atoms with E-state index in [0.29, 0.717) is 39.3 Å². The highest BCUT2D eigenvalue weighted by atomic mass is 15.2. The Hall–Kier alpha value is -9.08. The predicted octanol–water partition coefficient (Wildman–Crippen LogP) is 15.8. The first-order chi connectivity index (χ1) is 39.5. The summed E-state index contributed by atoms with van der Waals surface area (Å²) in [5, 5.41) is 0. The first-order valence-corrected chi connectivity index (χ1v) is 28.2. The van der Waals surface area contributed by atoms with Gasteiger partial charge in [-0.1, -0.05) is 131 Å². The van der Waals surface area contributed by atoms with Crippen molar-refractivity contribution in [1.82, 2.24) is 68.4 Å². The van der Waals surface area contributed by atoms with Crippen LogP contribution in [0.1, 0.15) is 109 Å². The zero-order valence-electron chi connectivity index (χ0n) is 45.9. The number of nitrogens with one attached hydrogen (secondary N) is 3. The molecule has 6 aromatic carbocycles. The Morgan fingerprint density at radius 1 is 0.425 bits per heavy atom. The van der Waals surface area contributed by atoms with Crippen molar-refractivity contribution in [3.05, 3.63) is 210 Å². The molecular weight excluding hydrogens is 989 g/mol. The molecule has 414 valence electrons. The van der Waals surface area contributed by atoms with Crippen LogP contribution in [0.2, 0.25) is 0 Å². The minimum absolute atomic E-state index is 0. The number of hydrogen-bond acceptors (Lipinski definition) is 8. The minimum atomic E-state index is 0. The van der Waals surface area contributed by atoms with E-state index in [-0.39, 0.29) is 8.56 Å². The molecule has 0 unspecified atom stereocenters. The second kappa shape index (κ2) is 25.6. The molecule has 0 saturated heterocycles. The minimum Gasteiger partial charge on any atom is -0.341 e. The van der Waals surface area contributed by atoms with Crippen molar-refractivity contribution in [2.24, 2.45) is 0 Å². The molecule has 12 rings (SSSR count). The maximum absolute atomic E-state index is 5.22. The number of fused-ring (bicyclic) bond motifs is 6. The Morgan fingerprint density at radius 2 is 0.800 bits per heavy atom. The van der Waals surface area contributed by atoms with E-state index < -0.39 is 0 Å². The summed E-state index contributed by atoms with van der Waals surface area (Å²) in [4.78, 5) is 44.9. The molecule has 0 aliphatic carbocycles. The zero-order chi connectivity index (χ0) is 54.5. The zero-order valence-corrected chi connectivity index (χ0v) is 45.9. The lowest BCUT2D eigenvalue weighted by Gasteiger charge is -2.23. The number of H-pyrrole nitrogens is 3. The fourth-order valence-electron chi connectivity index (χ4n) is 10.7. The lowest BCUT2D eigenvalue weighted by atomic mass is 10.2. The van der Waals surface area contributed by atoms with E-state index in [1.54, 1.807) is 0 Å². The summed E-state index contributed by atoms with van der Waals surface area (Å²) in [6.45, 7) is 13.9. The number of hydrogen-bond donors (Lipinski definition) is 3. The second-order valence-corrected chi connectivity index (χ2v) is 20.4. The summed E-state index contributed by atoms with van der Waals surface area (Å²) in [5.74, 6) is 5.82. The summed E-state index contributed by atoms with van der Waals surface area (Å²) in [6, 6.07) is 49.6. The van der Waals surface area contributed by atoms with Crippen molar-refractivity contribution >= 4 is 72.4 Å². The van der Waals surface area contributed by atoms with Gasteiger partial charge in [0.1, 0.15) is 34.9 Å². The lowest BCUT2D eigenvalue weighted by Crippen LogP contribution is -2.27. The maximum Gasteiger partial charge on any atom is 0.128 e. The molecule has 80 heavy (non-hydrogen) atoms. The number of aromatic amines is 3. The lowest BCUT2D eigenvalue weighted by molar-refractivity contribution is 0.222. The molecule has 0 aliphatic heterocycles. The number of nitrogens with zero attached hydrogens (tertiary/aromatic N) is 11. The van der Waals surface area contributed by atoms with Crippen LogP contribution in [0, 0.1) is 0 Å². The highest BCUT2D eigenvalue weighted by Crippen LogP contribution is 2.26. The number of aromatic nitrogens is 12.